The summed E-state index contributed by atoms with van der Waals surface area (Å²) in [6, 6.07) is 0. The van der Waals surface area contributed by atoms with Crippen LogP contribution in [0.2, 0.25) is 0 Å². The van der Waals surface area contributed by atoms with Crippen LogP contribution in [0.5, 0.6) is 0 Å². The van der Waals surface area contributed by atoms with E-state index in [2.05, 4.69) is 54.1 Å². The first-order valence-electron chi connectivity index (χ1n) is 4.91. The molecule has 0 aromatic rings. The van der Waals surface area contributed by atoms with E-state index in [0.29, 0.717) is 5.41 Å². The Balaban J connectivity index is 3.94. The molecule has 0 radical (unpaired) electrons. The fourth-order valence-corrected chi connectivity index (χ4v) is 2.41. The second-order valence-electron chi connectivity index (χ2n) is 4.19. The molecule has 12 heavy (non-hydrogen) atoms. The van der Waals surface area contributed by atoms with Gasteiger partial charge in [0.2, 0.25) is 0 Å². The lowest BCUT2D eigenvalue weighted by atomic mass is 9.79. The maximum absolute atomic E-state index is 3.26. The van der Waals surface area contributed by atoms with E-state index in [9.17, 15) is 0 Å². The zero-order chi connectivity index (χ0) is 9.61. The molecule has 0 spiro atoms. The van der Waals surface area contributed by atoms with Gasteiger partial charge in [0, 0.05) is 29.4 Å². The van der Waals surface area contributed by atoms with Gasteiger partial charge in [0.05, 0.1) is 0 Å². The molecule has 1 nitrogen and oxygen atoms in total. The van der Waals surface area contributed by atoms with E-state index < -0.39 is 0 Å². The highest BCUT2D eigenvalue weighted by molar-refractivity contribution is 14.1. The van der Waals surface area contributed by atoms with Crippen molar-refractivity contribution >= 4 is 22.9 Å². The first kappa shape index (κ1) is 12.7. The first-order chi connectivity index (χ1) is 5.58. The third-order valence-corrected chi connectivity index (χ3v) is 3.27. The maximum Gasteiger partial charge on any atom is 0.0169 e. The van der Waals surface area contributed by atoms with Crippen LogP contribution < -0.4 is 3.53 Å². The summed E-state index contributed by atoms with van der Waals surface area (Å²) in [7, 11) is 0. The second-order valence-corrected chi connectivity index (χ2v) is 4.95. The lowest BCUT2D eigenvalue weighted by Crippen LogP contribution is -2.28. The number of nitrogens with one attached hydrogen (secondary N) is 1. The molecule has 0 aromatic carbocycles. The van der Waals surface area contributed by atoms with Gasteiger partial charge in [0.25, 0.3) is 0 Å². The lowest BCUT2D eigenvalue weighted by molar-refractivity contribution is 0.240. The third-order valence-electron chi connectivity index (χ3n) is 2.89. The lowest BCUT2D eigenvalue weighted by Gasteiger charge is -2.30. The standard InChI is InChI=1S/C10H22IN/c1-5-9(3)7-10(4,6-2)8-12-11/h9,12H,5-8H2,1-4H3. The summed E-state index contributed by atoms with van der Waals surface area (Å²) in [5.74, 6) is 0.861. The average molecular weight is 283 g/mol. The molecule has 0 heterocycles. The van der Waals surface area contributed by atoms with Crippen LogP contribution in [-0.2, 0) is 0 Å². The van der Waals surface area contributed by atoms with Crippen molar-refractivity contribution in [3.8, 4) is 0 Å². The van der Waals surface area contributed by atoms with Crippen molar-refractivity contribution in [2.75, 3.05) is 6.54 Å². The molecule has 0 fully saturated rings. The number of hydrogen-bond donors (Lipinski definition) is 1. The summed E-state index contributed by atoms with van der Waals surface area (Å²) in [6.07, 6.45) is 3.92. The van der Waals surface area contributed by atoms with E-state index in [0.717, 1.165) is 12.5 Å². The van der Waals surface area contributed by atoms with Crippen molar-refractivity contribution in [3.63, 3.8) is 0 Å². The summed E-state index contributed by atoms with van der Waals surface area (Å²) >= 11 is 2.24. The van der Waals surface area contributed by atoms with Gasteiger partial charge < -0.3 is 0 Å². The smallest absolute Gasteiger partial charge is 0.0169 e. The van der Waals surface area contributed by atoms with Crippen molar-refractivity contribution in [2.24, 2.45) is 11.3 Å². The first-order valence-corrected chi connectivity index (χ1v) is 5.99. The van der Waals surface area contributed by atoms with Gasteiger partial charge in [0.1, 0.15) is 0 Å². The van der Waals surface area contributed by atoms with Crippen molar-refractivity contribution in [1.82, 2.24) is 3.53 Å². The van der Waals surface area contributed by atoms with Crippen molar-refractivity contribution in [2.45, 2.75) is 47.0 Å². The topological polar surface area (TPSA) is 12.0 Å². The number of hydrogen-bond acceptors (Lipinski definition) is 1. The molecular weight excluding hydrogens is 261 g/mol. The van der Waals surface area contributed by atoms with E-state index in [1.165, 1.54) is 19.3 Å². The molecule has 0 aromatic heterocycles. The Morgan fingerprint density at radius 3 is 2.33 bits per heavy atom. The van der Waals surface area contributed by atoms with Crippen molar-refractivity contribution < 1.29 is 0 Å². The van der Waals surface area contributed by atoms with E-state index in [4.69, 9.17) is 0 Å². The average Bonchev–Trinajstić information content (AvgIpc) is 2.05. The molecular formula is C10H22IN. The quantitative estimate of drug-likeness (QED) is 0.578. The molecule has 74 valence electrons. The van der Waals surface area contributed by atoms with Gasteiger partial charge in [-0.15, -0.1) is 0 Å². The van der Waals surface area contributed by atoms with Crippen LogP contribution in [0, 0.1) is 11.3 Å². The Kier molecular flexibility index (Phi) is 6.55. The minimum atomic E-state index is 0.497. The SMILES string of the molecule is CCC(C)CC(C)(CC)CNI. The molecule has 0 bridgehead atoms. The highest BCUT2D eigenvalue weighted by Gasteiger charge is 2.23. The number of halogens is 1. The van der Waals surface area contributed by atoms with Gasteiger partial charge >= 0.3 is 0 Å². The van der Waals surface area contributed by atoms with Gasteiger partial charge in [-0.3, -0.25) is 3.53 Å². The molecule has 2 heteroatoms. The van der Waals surface area contributed by atoms with Crippen LogP contribution in [0.3, 0.4) is 0 Å². The minimum Gasteiger partial charge on any atom is -0.261 e. The predicted molar refractivity (Wildman–Crippen MR) is 64.5 cm³/mol. The predicted octanol–water partition coefficient (Wildman–Crippen LogP) is 3.78. The van der Waals surface area contributed by atoms with E-state index >= 15 is 0 Å². The zero-order valence-electron chi connectivity index (χ0n) is 8.78. The highest BCUT2D eigenvalue weighted by atomic mass is 127. The van der Waals surface area contributed by atoms with Crippen LogP contribution in [0.4, 0.5) is 0 Å². The molecule has 0 saturated carbocycles. The monoisotopic (exact) mass is 283 g/mol. The highest BCUT2D eigenvalue weighted by Crippen LogP contribution is 2.30. The fraction of sp³-hybridized carbons (Fsp3) is 1.00. The largest absolute Gasteiger partial charge is 0.261 e. The molecule has 0 aliphatic carbocycles. The minimum absolute atomic E-state index is 0.497. The van der Waals surface area contributed by atoms with E-state index in [1.807, 2.05) is 0 Å². The summed E-state index contributed by atoms with van der Waals surface area (Å²) in [5.41, 5.74) is 0.497. The summed E-state index contributed by atoms with van der Waals surface area (Å²) < 4.78 is 3.26. The summed E-state index contributed by atoms with van der Waals surface area (Å²) in [6.45, 7) is 10.4. The zero-order valence-corrected chi connectivity index (χ0v) is 10.9. The second kappa shape index (κ2) is 6.19. The summed E-state index contributed by atoms with van der Waals surface area (Å²) in [4.78, 5) is 0. The van der Waals surface area contributed by atoms with Gasteiger partial charge in [-0.1, -0.05) is 34.1 Å². The van der Waals surface area contributed by atoms with Crippen LogP contribution in [0.25, 0.3) is 0 Å². The van der Waals surface area contributed by atoms with Crippen molar-refractivity contribution in [1.29, 1.82) is 0 Å². The molecule has 0 aliphatic rings. The summed E-state index contributed by atoms with van der Waals surface area (Å²) in [5, 5.41) is 0. The van der Waals surface area contributed by atoms with Crippen LogP contribution >= 0.6 is 22.9 Å². The van der Waals surface area contributed by atoms with Crippen LogP contribution in [-0.4, -0.2) is 6.54 Å². The van der Waals surface area contributed by atoms with E-state index in [-0.39, 0.29) is 0 Å². The molecule has 0 saturated heterocycles. The third kappa shape index (κ3) is 4.65. The molecule has 2 unspecified atom stereocenters. The fourth-order valence-electron chi connectivity index (χ4n) is 1.49. The Morgan fingerprint density at radius 2 is 2.00 bits per heavy atom. The van der Waals surface area contributed by atoms with Gasteiger partial charge in [-0.05, 0) is 24.2 Å². The van der Waals surface area contributed by atoms with Crippen LogP contribution in [0.15, 0.2) is 0 Å². The van der Waals surface area contributed by atoms with E-state index in [1.54, 1.807) is 0 Å². The molecule has 2 atom stereocenters. The molecule has 0 amide bonds. The Hall–Kier alpha value is 0.690. The Bertz CT molecular complexity index is 116. The normalized spacial score (nSPS) is 18.8. The Labute approximate surface area is 91.2 Å². The number of rotatable bonds is 6. The van der Waals surface area contributed by atoms with Gasteiger partial charge in [-0.2, -0.15) is 0 Å². The Morgan fingerprint density at radius 1 is 1.42 bits per heavy atom. The van der Waals surface area contributed by atoms with Gasteiger partial charge in [0.15, 0.2) is 0 Å². The van der Waals surface area contributed by atoms with Crippen molar-refractivity contribution in [3.05, 3.63) is 0 Å². The maximum atomic E-state index is 3.26. The molecule has 1 N–H and O–H groups in total. The molecule has 0 aliphatic heterocycles. The van der Waals surface area contributed by atoms with Gasteiger partial charge in [-0.25, -0.2) is 0 Å². The van der Waals surface area contributed by atoms with Crippen LogP contribution in [0.1, 0.15) is 47.0 Å². The molecule has 0 rings (SSSR count).